The van der Waals surface area contributed by atoms with Gasteiger partial charge in [-0.1, -0.05) is 29.8 Å². The van der Waals surface area contributed by atoms with Crippen LogP contribution in [0.2, 0.25) is 5.02 Å². The average Bonchev–Trinajstić information content (AvgIpc) is 2.84. The van der Waals surface area contributed by atoms with E-state index in [0.29, 0.717) is 21.9 Å². The molecule has 20 heavy (non-hydrogen) atoms. The summed E-state index contributed by atoms with van der Waals surface area (Å²) in [4.78, 5) is 15.2. The molecule has 0 aliphatic carbocycles. The largest absolute Gasteiger partial charge is 0.493 e. The molecule has 0 atom stereocenters. The van der Waals surface area contributed by atoms with Gasteiger partial charge in [0.1, 0.15) is 0 Å². The van der Waals surface area contributed by atoms with Gasteiger partial charge < -0.3 is 14.5 Å². The van der Waals surface area contributed by atoms with Gasteiger partial charge in [0.2, 0.25) is 0 Å². The van der Waals surface area contributed by atoms with Crippen LogP contribution in [0.15, 0.2) is 30.3 Å². The summed E-state index contributed by atoms with van der Waals surface area (Å²) < 4.78 is 10.2. The van der Waals surface area contributed by atoms with Crippen molar-refractivity contribution >= 4 is 39.4 Å². The molecule has 3 aromatic rings. The molecule has 0 spiro atoms. The molecule has 2 aromatic carbocycles. The first kappa shape index (κ1) is 12.8. The molecule has 0 unspecified atom stereocenters. The number of carbonyl (C=O) groups is 1. The summed E-state index contributed by atoms with van der Waals surface area (Å²) in [6.45, 7) is 0. The Morgan fingerprint density at radius 1 is 1.25 bits per heavy atom. The van der Waals surface area contributed by atoms with Gasteiger partial charge in [0, 0.05) is 16.3 Å². The highest BCUT2D eigenvalue weighted by Crippen LogP contribution is 2.39. The number of para-hydroxylation sites is 1. The Morgan fingerprint density at radius 2 is 2.00 bits per heavy atom. The number of methoxy groups -OCH3 is 2. The molecular formula is C15H12ClNO3. The molecular weight excluding hydrogens is 278 g/mol. The molecule has 4 nitrogen and oxygen atoms in total. The summed E-state index contributed by atoms with van der Waals surface area (Å²) in [6, 6.07) is 9.29. The van der Waals surface area contributed by atoms with E-state index >= 15 is 0 Å². The Kier molecular flexibility index (Phi) is 3.03. The van der Waals surface area contributed by atoms with Gasteiger partial charge in [-0.2, -0.15) is 0 Å². The van der Waals surface area contributed by atoms with Crippen molar-refractivity contribution in [3.05, 3.63) is 40.9 Å². The number of benzene rings is 2. The smallest absolute Gasteiger partial charge is 0.338 e. The zero-order valence-corrected chi connectivity index (χ0v) is 11.7. The summed E-state index contributed by atoms with van der Waals surface area (Å²) in [5.74, 6) is 0.0924. The maximum Gasteiger partial charge on any atom is 0.338 e. The molecule has 0 radical (unpaired) electrons. The van der Waals surface area contributed by atoms with Crippen molar-refractivity contribution in [3.63, 3.8) is 0 Å². The number of hydrogen-bond acceptors (Lipinski definition) is 3. The zero-order valence-electron chi connectivity index (χ0n) is 11.0. The number of H-pyrrole nitrogens is 1. The maximum atomic E-state index is 12.0. The van der Waals surface area contributed by atoms with E-state index in [1.807, 2.05) is 24.3 Å². The number of aromatic nitrogens is 1. The van der Waals surface area contributed by atoms with Gasteiger partial charge in [0.05, 0.1) is 30.3 Å². The van der Waals surface area contributed by atoms with Crippen LogP contribution in [0, 0.1) is 0 Å². The van der Waals surface area contributed by atoms with Crippen LogP contribution in [0.4, 0.5) is 0 Å². The molecule has 0 amide bonds. The number of ether oxygens (including phenoxy) is 2. The van der Waals surface area contributed by atoms with Crippen LogP contribution in [0.1, 0.15) is 10.4 Å². The van der Waals surface area contributed by atoms with Crippen LogP contribution in [0.25, 0.3) is 21.8 Å². The number of carbonyl (C=O) groups excluding carboxylic acids is 1. The van der Waals surface area contributed by atoms with Crippen molar-refractivity contribution in [2.75, 3.05) is 14.2 Å². The van der Waals surface area contributed by atoms with Gasteiger partial charge in [0.15, 0.2) is 5.75 Å². The predicted octanol–water partition coefficient (Wildman–Crippen LogP) is 3.77. The first-order chi connectivity index (χ1) is 9.67. The lowest BCUT2D eigenvalue weighted by Gasteiger charge is -2.08. The molecule has 0 aliphatic heterocycles. The van der Waals surface area contributed by atoms with Gasteiger partial charge in [0.25, 0.3) is 0 Å². The fourth-order valence-corrected chi connectivity index (χ4v) is 2.73. The highest BCUT2D eigenvalue weighted by Gasteiger charge is 2.20. The highest BCUT2D eigenvalue weighted by atomic mass is 35.5. The Hall–Kier alpha value is -2.20. The van der Waals surface area contributed by atoms with Crippen LogP contribution in [-0.2, 0) is 4.74 Å². The topological polar surface area (TPSA) is 51.3 Å². The van der Waals surface area contributed by atoms with Gasteiger partial charge in [-0.25, -0.2) is 4.79 Å². The monoisotopic (exact) mass is 289 g/mol. The first-order valence-corrected chi connectivity index (χ1v) is 6.40. The molecule has 102 valence electrons. The molecule has 3 rings (SSSR count). The second-order valence-corrected chi connectivity index (χ2v) is 4.76. The Balaban J connectivity index is 2.53. The first-order valence-electron chi connectivity index (χ1n) is 6.02. The lowest BCUT2D eigenvalue weighted by molar-refractivity contribution is 0.0603. The molecule has 0 saturated heterocycles. The van der Waals surface area contributed by atoms with Crippen molar-refractivity contribution in [1.29, 1.82) is 0 Å². The van der Waals surface area contributed by atoms with E-state index in [0.717, 1.165) is 16.3 Å². The maximum absolute atomic E-state index is 12.0. The van der Waals surface area contributed by atoms with E-state index in [4.69, 9.17) is 21.1 Å². The zero-order chi connectivity index (χ0) is 14.3. The third kappa shape index (κ3) is 1.72. The standard InChI is InChI=1S/C15H12ClNO3/c1-19-14-10(16)7-9(15(18)20-2)12-8-5-3-4-6-11(8)17-13(12)14/h3-7,17H,1-2H3. The van der Waals surface area contributed by atoms with Gasteiger partial charge in [-0.15, -0.1) is 0 Å². The van der Waals surface area contributed by atoms with Crippen LogP contribution >= 0.6 is 11.6 Å². The van der Waals surface area contributed by atoms with Crippen LogP contribution < -0.4 is 4.74 Å². The van der Waals surface area contributed by atoms with E-state index in [-0.39, 0.29) is 0 Å². The van der Waals surface area contributed by atoms with Crippen molar-refractivity contribution in [1.82, 2.24) is 4.98 Å². The molecule has 0 aliphatic rings. The van der Waals surface area contributed by atoms with Crippen molar-refractivity contribution in [2.45, 2.75) is 0 Å². The van der Waals surface area contributed by atoms with Gasteiger partial charge in [-0.05, 0) is 12.1 Å². The second kappa shape index (κ2) is 4.72. The van der Waals surface area contributed by atoms with Crippen LogP contribution in [0.5, 0.6) is 5.75 Å². The minimum Gasteiger partial charge on any atom is -0.493 e. The van der Waals surface area contributed by atoms with Gasteiger partial charge >= 0.3 is 5.97 Å². The third-order valence-corrected chi connectivity index (χ3v) is 3.58. The van der Waals surface area contributed by atoms with E-state index in [2.05, 4.69) is 4.98 Å². The lowest BCUT2D eigenvalue weighted by Crippen LogP contribution is -2.02. The molecule has 0 saturated carbocycles. The Labute approximate surface area is 120 Å². The summed E-state index contributed by atoms with van der Waals surface area (Å²) in [5, 5.41) is 2.05. The fourth-order valence-electron chi connectivity index (χ4n) is 2.45. The van der Waals surface area contributed by atoms with Gasteiger partial charge in [-0.3, -0.25) is 0 Å². The Morgan fingerprint density at radius 3 is 2.70 bits per heavy atom. The number of rotatable bonds is 2. The van der Waals surface area contributed by atoms with Crippen molar-refractivity contribution in [2.24, 2.45) is 0 Å². The number of hydrogen-bond donors (Lipinski definition) is 1. The van der Waals surface area contributed by atoms with E-state index in [1.54, 1.807) is 13.2 Å². The molecule has 5 heteroatoms. The van der Waals surface area contributed by atoms with Crippen molar-refractivity contribution in [3.8, 4) is 5.75 Å². The SMILES string of the molecule is COC(=O)c1cc(Cl)c(OC)c2[nH]c3ccccc3c12. The van der Waals surface area contributed by atoms with E-state index < -0.39 is 5.97 Å². The normalized spacial score (nSPS) is 10.9. The molecule has 1 heterocycles. The third-order valence-electron chi connectivity index (χ3n) is 3.30. The number of esters is 1. The number of aromatic amines is 1. The minimum absolute atomic E-state index is 0.368. The summed E-state index contributed by atoms with van der Waals surface area (Å²) in [7, 11) is 2.89. The number of nitrogens with one attached hydrogen (secondary N) is 1. The molecule has 0 bridgehead atoms. The summed E-state index contributed by atoms with van der Waals surface area (Å²) >= 11 is 6.18. The molecule has 1 N–H and O–H groups in total. The number of fused-ring (bicyclic) bond motifs is 3. The lowest BCUT2D eigenvalue weighted by atomic mass is 10.1. The minimum atomic E-state index is -0.427. The Bertz CT molecular complexity index is 823. The highest BCUT2D eigenvalue weighted by molar-refractivity contribution is 6.35. The molecule has 0 fully saturated rings. The predicted molar refractivity (Wildman–Crippen MR) is 78.7 cm³/mol. The van der Waals surface area contributed by atoms with Crippen molar-refractivity contribution < 1.29 is 14.3 Å². The summed E-state index contributed by atoms with van der Waals surface area (Å²) in [6.07, 6.45) is 0. The second-order valence-electron chi connectivity index (χ2n) is 4.35. The van der Waals surface area contributed by atoms with E-state index in [9.17, 15) is 4.79 Å². The summed E-state index contributed by atoms with van der Waals surface area (Å²) in [5.41, 5.74) is 2.03. The van der Waals surface area contributed by atoms with Crippen LogP contribution in [0.3, 0.4) is 0 Å². The molecule has 1 aromatic heterocycles. The number of halogens is 1. The van der Waals surface area contributed by atoms with Crippen LogP contribution in [-0.4, -0.2) is 25.2 Å². The fraction of sp³-hybridized carbons (Fsp3) is 0.133. The van der Waals surface area contributed by atoms with E-state index in [1.165, 1.54) is 7.11 Å². The quantitative estimate of drug-likeness (QED) is 0.731. The average molecular weight is 290 g/mol.